The standard InChI is InChI=1S/C19H25NO2/c1-20(2)18-9-4-3-7-15(18)13-16-8-5-6-11-19(16,21)17-10-12-22-14-17/h3-4,7,9-10,12,14,16,21H,5-6,8,11,13H2,1-2H3. The highest BCUT2D eigenvalue weighted by molar-refractivity contribution is 5.52. The second kappa shape index (κ2) is 6.17. The van der Waals surface area contributed by atoms with Crippen molar-refractivity contribution in [3.8, 4) is 0 Å². The lowest BCUT2D eigenvalue weighted by atomic mass is 9.70. The van der Waals surface area contributed by atoms with Crippen molar-refractivity contribution in [1.82, 2.24) is 0 Å². The maximum atomic E-state index is 11.3. The van der Waals surface area contributed by atoms with Crippen molar-refractivity contribution in [2.24, 2.45) is 5.92 Å². The van der Waals surface area contributed by atoms with E-state index in [1.165, 1.54) is 17.7 Å². The SMILES string of the molecule is CN(C)c1ccccc1CC1CCCCC1(O)c1ccoc1. The van der Waals surface area contributed by atoms with E-state index in [9.17, 15) is 5.11 Å². The molecule has 3 nitrogen and oxygen atoms in total. The Morgan fingerprint density at radius 2 is 2.05 bits per heavy atom. The van der Waals surface area contributed by atoms with Crippen LogP contribution in [-0.4, -0.2) is 19.2 Å². The zero-order valence-corrected chi connectivity index (χ0v) is 13.5. The van der Waals surface area contributed by atoms with Crippen molar-refractivity contribution >= 4 is 5.69 Å². The van der Waals surface area contributed by atoms with Gasteiger partial charge in [0.15, 0.2) is 0 Å². The molecule has 0 radical (unpaired) electrons. The Hall–Kier alpha value is -1.74. The lowest BCUT2D eigenvalue weighted by Crippen LogP contribution is -2.39. The summed E-state index contributed by atoms with van der Waals surface area (Å²) in [5.41, 5.74) is 2.72. The maximum Gasteiger partial charge on any atom is 0.0963 e. The van der Waals surface area contributed by atoms with Gasteiger partial charge in [-0.15, -0.1) is 0 Å². The molecule has 1 fully saturated rings. The number of hydrogen-bond donors (Lipinski definition) is 1. The van der Waals surface area contributed by atoms with Crippen LogP contribution in [0, 0.1) is 5.92 Å². The molecule has 2 aromatic rings. The van der Waals surface area contributed by atoms with Crippen LogP contribution in [0.4, 0.5) is 5.69 Å². The predicted molar refractivity (Wildman–Crippen MR) is 89.0 cm³/mol. The average Bonchev–Trinajstić information content (AvgIpc) is 3.05. The Balaban J connectivity index is 1.90. The molecular formula is C19H25NO2. The van der Waals surface area contributed by atoms with Crippen LogP contribution in [0.15, 0.2) is 47.3 Å². The van der Waals surface area contributed by atoms with Crippen LogP contribution in [0.2, 0.25) is 0 Å². The molecule has 0 bridgehead atoms. The molecule has 3 rings (SSSR count). The minimum absolute atomic E-state index is 0.236. The largest absolute Gasteiger partial charge is 0.472 e. The summed E-state index contributed by atoms with van der Waals surface area (Å²) >= 11 is 0. The summed E-state index contributed by atoms with van der Waals surface area (Å²) in [4.78, 5) is 2.15. The van der Waals surface area contributed by atoms with Gasteiger partial charge in [0.25, 0.3) is 0 Å². The first-order chi connectivity index (χ1) is 10.6. The molecule has 1 aliphatic rings. The van der Waals surface area contributed by atoms with E-state index in [-0.39, 0.29) is 5.92 Å². The quantitative estimate of drug-likeness (QED) is 0.928. The Morgan fingerprint density at radius 3 is 2.77 bits per heavy atom. The van der Waals surface area contributed by atoms with Gasteiger partial charge in [-0.25, -0.2) is 0 Å². The molecule has 1 saturated carbocycles. The van der Waals surface area contributed by atoms with E-state index in [4.69, 9.17) is 4.42 Å². The highest BCUT2D eigenvalue weighted by Crippen LogP contribution is 2.44. The van der Waals surface area contributed by atoms with E-state index in [0.29, 0.717) is 0 Å². The zero-order valence-electron chi connectivity index (χ0n) is 13.5. The van der Waals surface area contributed by atoms with Crippen molar-refractivity contribution < 1.29 is 9.52 Å². The summed E-state index contributed by atoms with van der Waals surface area (Å²) in [7, 11) is 4.14. The summed E-state index contributed by atoms with van der Waals surface area (Å²) in [5, 5.41) is 11.3. The van der Waals surface area contributed by atoms with Crippen LogP contribution in [0.25, 0.3) is 0 Å². The lowest BCUT2D eigenvalue weighted by Gasteiger charge is -2.40. The molecule has 2 unspecified atom stereocenters. The molecule has 2 atom stereocenters. The first-order valence-electron chi connectivity index (χ1n) is 8.11. The lowest BCUT2D eigenvalue weighted by molar-refractivity contribution is -0.0545. The Bertz CT molecular complexity index is 606. The van der Waals surface area contributed by atoms with E-state index in [1.54, 1.807) is 12.5 Å². The number of rotatable bonds is 4. The number of hydrogen-bond acceptors (Lipinski definition) is 3. The van der Waals surface area contributed by atoms with Crippen LogP contribution >= 0.6 is 0 Å². The van der Waals surface area contributed by atoms with Crippen LogP contribution in [-0.2, 0) is 12.0 Å². The van der Waals surface area contributed by atoms with E-state index in [2.05, 4.69) is 43.3 Å². The minimum atomic E-state index is -0.759. The van der Waals surface area contributed by atoms with Gasteiger partial charge in [0.05, 0.1) is 18.1 Å². The normalized spacial score (nSPS) is 25.1. The van der Waals surface area contributed by atoms with Crippen LogP contribution in [0.5, 0.6) is 0 Å². The molecule has 0 aliphatic heterocycles. The van der Waals surface area contributed by atoms with E-state index in [0.717, 1.165) is 31.2 Å². The molecule has 0 saturated heterocycles. The summed E-state index contributed by atoms with van der Waals surface area (Å²) in [5.74, 6) is 0.236. The van der Waals surface area contributed by atoms with Gasteiger partial charge in [0.1, 0.15) is 0 Å². The Kier molecular flexibility index (Phi) is 4.25. The second-order valence-corrected chi connectivity index (χ2v) is 6.61. The zero-order chi connectivity index (χ0) is 15.6. The molecule has 118 valence electrons. The predicted octanol–water partition coefficient (Wildman–Crippen LogP) is 3.97. The summed E-state index contributed by atoms with van der Waals surface area (Å²) in [6.45, 7) is 0. The molecule has 22 heavy (non-hydrogen) atoms. The molecule has 1 aliphatic carbocycles. The number of benzene rings is 1. The van der Waals surface area contributed by atoms with Crippen molar-refractivity contribution in [3.63, 3.8) is 0 Å². The smallest absolute Gasteiger partial charge is 0.0963 e. The minimum Gasteiger partial charge on any atom is -0.472 e. The number of aliphatic hydroxyl groups is 1. The molecule has 3 heteroatoms. The van der Waals surface area contributed by atoms with Crippen molar-refractivity contribution in [2.75, 3.05) is 19.0 Å². The number of furan rings is 1. The van der Waals surface area contributed by atoms with Gasteiger partial charge in [0, 0.05) is 25.3 Å². The number of nitrogens with zero attached hydrogens (tertiary/aromatic N) is 1. The topological polar surface area (TPSA) is 36.6 Å². The van der Waals surface area contributed by atoms with Crippen LogP contribution < -0.4 is 4.90 Å². The first-order valence-corrected chi connectivity index (χ1v) is 8.11. The Morgan fingerprint density at radius 1 is 1.23 bits per heavy atom. The van der Waals surface area contributed by atoms with Gasteiger partial charge >= 0.3 is 0 Å². The van der Waals surface area contributed by atoms with Gasteiger partial charge in [-0.05, 0) is 42.9 Å². The van der Waals surface area contributed by atoms with Crippen LogP contribution in [0.3, 0.4) is 0 Å². The summed E-state index contributed by atoms with van der Waals surface area (Å²) < 4.78 is 5.23. The average molecular weight is 299 g/mol. The summed E-state index contributed by atoms with van der Waals surface area (Å²) in [6, 6.07) is 10.4. The fraction of sp³-hybridized carbons (Fsp3) is 0.474. The monoisotopic (exact) mass is 299 g/mol. The molecule has 1 aromatic heterocycles. The molecule has 1 heterocycles. The molecular weight excluding hydrogens is 274 g/mol. The number of anilines is 1. The van der Waals surface area contributed by atoms with Crippen LogP contribution in [0.1, 0.15) is 36.8 Å². The van der Waals surface area contributed by atoms with Gasteiger partial charge < -0.3 is 14.4 Å². The van der Waals surface area contributed by atoms with Gasteiger partial charge in [-0.3, -0.25) is 0 Å². The maximum absolute atomic E-state index is 11.3. The molecule has 1 N–H and O–H groups in total. The third-order valence-electron chi connectivity index (χ3n) is 5.00. The van der Waals surface area contributed by atoms with E-state index < -0.39 is 5.60 Å². The fourth-order valence-corrected chi connectivity index (χ4v) is 3.78. The molecule has 0 spiro atoms. The van der Waals surface area contributed by atoms with Crippen molar-refractivity contribution in [2.45, 2.75) is 37.7 Å². The van der Waals surface area contributed by atoms with Crippen molar-refractivity contribution in [3.05, 3.63) is 54.0 Å². The molecule has 0 amide bonds. The highest BCUT2D eigenvalue weighted by Gasteiger charge is 2.41. The van der Waals surface area contributed by atoms with Gasteiger partial charge in [-0.1, -0.05) is 31.0 Å². The third kappa shape index (κ3) is 2.78. The van der Waals surface area contributed by atoms with E-state index in [1.807, 2.05) is 6.07 Å². The fourth-order valence-electron chi connectivity index (χ4n) is 3.78. The van der Waals surface area contributed by atoms with Gasteiger partial charge in [-0.2, -0.15) is 0 Å². The Labute approximate surface area is 132 Å². The van der Waals surface area contributed by atoms with Gasteiger partial charge in [0.2, 0.25) is 0 Å². The first kappa shape index (κ1) is 15.2. The second-order valence-electron chi connectivity index (χ2n) is 6.61. The number of para-hydroxylation sites is 1. The van der Waals surface area contributed by atoms with E-state index >= 15 is 0 Å². The third-order valence-corrected chi connectivity index (χ3v) is 5.00. The highest BCUT2D eigenvalue weighted by atomic mass is 16.3. The molecule has 1 aromatic carbocycles. The van der Waals surface area contributed by atoms with Crippen molar-refractivity contribution in [1.29, 1.82) is 0 Å². The summed E-state index contributed by atoms with van der Waals surface area (Å²) in [6.07, 6.45) is 8.41.